The number of rotatable bonds is 6. The monoisotopic (exact) mass is 356 g/mol. The molecule has 21 heavy (non-hydrogen) atoms. The van der Waals surface area contributed by atoms with Crippen LogP contribution in [0.1, 0.15) is 12.0 Å². The van der Waals surface area contributed by atoms with Crippen molar-refractivity contribution in [1.29, 1.82) is 0 Å². The largest absolute Gasteiger partial charge is 0.497 e. The quantitative estimate of drug-likeness (QED) is 0.713. The van der Waals surface area contributed by atoms with Crippen molar-refractivity contribution in [3.63, 3.8) is 0 Å². The Morgan fingerprint density at radius 2 is 2.29 bits per heavy atom. The van der Waals surface area contributed by atoms with Gasteiger partial charge < -0.3 is 20.5 Å². The minimum absolute atomic E-state index is 0.00953. The summed E-state index contributed by atoms with van der Waals surface area (Å²) in [7, 11) is 1.63. The van der Waals surface area contributed by atoms with E-state index in [4.69, 9.17) is 4.74 Å². The lowest BCUT2D eigenvalue weighted by Crippen LogP contribution is -2.30. The molecule has 2 atom stereocenters. The second-order valence-electron chi connectivity index (χ2n) is 5.29. The zero-order valence-electron chi connectivity index (χ0n) is 12.1. The summed E-state index contributed by atoms with van der Waals surface area (Å²) >= 11 is 3.44. The molecule has 3 N–H and O–H groups in total. The van der Waals surface area contributed by atoms with Crippen LogP contribution in [0.4, 0.5) is 0 Å². The van der Waals surface area contributed by atoms with Crippen LogP contribution in [0.3, 0.4) is 0 Å². The van der Waals surface area contributed by atoms with Gasteiger partial charge in [-0.05, 0) is 30.2 Å². The lowest BCUT2D eigenvalue weighted by molar-refractivity contribution is -0.122. The highest BCUT2D eigenvalue weighted by atomic mass is 79.9. The van der Waals surface area contributed by atoms with Crippen molar-refractivity contribution in [1.82, 2.24) is 10.6 Å². The summed E-state index contributed by atoms with van der Waals surface area (Å²) in [6.45, 7) is 1.86. The van der Waals surface area contributed by atoms with Gasteiger partial charge in [-0.1, -0.05) is 15.9 Å². The highest BCUT2D eigenvalue weighted by molar-refractivity contribution is 9.10. The predicted molar refractivity (Wildman–Crippen MR) is 84.4 cm³/mol. The van der Waals surface area contributed by atoms with Crippen molar-refractivity contribution < 1.29 is 14.6 Å². The van der Waals surface area contributed by atoms with Crippen LogP contribution >= 0.6 is 15.9 Å². The summed E-state index contributed by atoms with van der Waals surface area (Å²) in [5, 5.41) is 15.6. The SMILES string of the molecule is COc1cc(Br)cc(CCNC(=O)C[C@@H]2CNC[C@H]2O)c1. The minimum atomic E-state index is -0.412. The van der Waals surface area contributed by atoms with Gasteiger partial charge in [-0.3, -0.25) is 4.79 Å². The zero-order chi connectivity index (χ0) is 15.2. The Kier molecular flexibility index (Phi) is 6.02. The van der Waals surface area contributed by atoms with E-state index in [1.807, 2.05) is 18.2 Å². The molecule has 0 unspecified atom stereocenters. The fraction of sp³-hybridized carbons (Fsp3) is 0.533. The van der Waals surface area contributed by atoms with Gasteiger partial charge in [0.25, 0.3) is 0 Å². The molecule has 0 aliphatic carbocycles. The number of aliphatic hydroxyl groups is 1. The maximum absolute atomic E-state index is 11.8. The molecule has 1 aromatic carbocycles. The first-order chi connectivity index (χ1) is 10.1. The van der Waals surface area contributed by atoms with Gasteiger partial charge in [0.1, 0.15) is 5.75 Å². The molecule has 0 bridgehead atoms. The molecule has 0 radical (unpaired) electrons. The van der Waals surface area contributed by atoms with Crippen LogP contribution in [0.2, 0.25) is 0 Å². The van der Waals surface area contributed by atoms with E-state index in [2.05, 4.69) is 26.6 Å². The molecule has 0 aromatic heterocycles. The minimum Gasteiger partial charge on any atom is -0.497 e. The molecule has 6 heteroatoms. The highest BCUT2D eigenvalue weighted by Gasteiger charge is 2.26. The van der Waals surface area contributed by atoms with Gasteiger partial charge in [-0.25, -0.2) is 0 Å². The Morgan fingerprint density at radius 1 is 1.48 bits per heavy atom. The third-order valence-corrected chi connectivity index (χ3v) is 4.11. The lowest BCUT2D eigenvalue weighted by atomic mass is 10.0. The molecule has 0 saturated carbocycles. The zero-order valence-corrected chi connectivity index (χ0v) is 13.6. The van der Waals surface area contributed by atoms with E-state index >= 15 is 0 Å². The number of hydrogen-bond donors (Lipinski definition) is 3. The number of carbonyl (C=O) groups excluding carboxylic acids is 1. The summed E-state index contributed by atoms with van der Waals surface area (Å²) in [5.74, 6) is 0.812. The molecular weight excluding hydrogens is 336 g/mol. The highest BCUT2D eigenvalue weighted by Crippen LogP contribution is 2.21. The molecule has 5 nitrogen and oxygen atoms in total. The number of β-amino-alcohol motifs (C(OH)–C–C–N with tert-alkyl or cyclic N) is 1. The summed E-state index contributed by atoms with van der Waals surface area (Å²) in [6.07, 6.45) is 0.702. The molecule has 0 spiro atoms. The van der Waals surface area contributed by atoms with Gasteiger partial charge in [0.15, 0.2) is 0 Å². The number of benzene rings is 1. The Balaban J connectivity index is 1.76. The molecule has 1 aromatic rings. The number of amides is 1. The van der Waals surface area contributed by atoms with Gasteiger partial charge in [0, 0.05) is 36.4 Å². The van der Waals surface area contributed by atoms with Crippen LogP contribution in [-0.2, 0) is 11.2 Å². The van der Waals surface area contributed by atoms with Gasteiger partial charge >= 0.3 is 0 Å². The van der Waals surface area contributed by atoms with Gasteiger partial charge in [-0.2, -0.15) is 0 Å². The van der Waals surface area contributed by atoms with E-state index in [0.717, 1.165) is 22.2 Å². The smallest absolute Gasteiger partial charge is 0.220 e. The van der Waals surface area contributed by atoms with Crippen molar-refractivity contribution in [3.05, 3.63) is 28.2 Å². The van der Waals surface area contributed by atoms with Crippen LogP contribution < -0.4 is 15.4 Å². The molecular formula is C15H21BrN2O3. The summed E-state index contributed by atoms with van der Waals surface area (Å²) < 4.78 is 6.17. The van der Waals surface area contributed by atoms with Gasteiger partial charge in [-0.15, -0.1) is 0 Å². The van der Waals surface area contributed by atoms with E-state index < -0.39 is 6.10 Å². The normalized spacial score (nSPS) is 21.3. The first-order valence-corrected chi connectivity index (χ1v) is 7.86. The summed E-state index contributed by atoms with van der Waals surface area (Å²) in [4.78, 5) is 11.8. The standard InChI is InChI=1S/C15H21BrN2O3/c1-21-13-5-10(4-12(16)7-13)2-3-18-15(20)6-11-8-17-9-14(11)19/h4-5,7,11,14,17,19H,2-3,6,8-9H2,1H3,(H,18,20)/t11-,14-/m1/s1. The second kappa shape index (κ2) is 7.77. The van der Waals surface area contributed by atoms with Gasteiger partial charge in [0.05, 0.1) is 13.2 Å². The molecule has 1 aliphatic rings. The summed E-state index contributed by atoms with van der Waals surface area (Å²) in [6, 6.07) is 5.87. The third kappa shape index (κ3) is 4.98. The van der Waals surface area contributed by atoms with Crippen molar-refractivity contribution in [2.75, 3.05) is 26.7 Å². The molecule has 1 aliphatic heterocycles. The third-order valence-electron chi connectivity index (χ3n) is 3.65. The van der Waals surface area contributed by atoms with Crippen LogP contribution in [0.25, 0.3) is 0 Å². The van der Waals surface area contributed by atoms with Crippen molar-refractivity contribution in [3.8, 4) is 5.75 Å². The maximum atomic E-state index is 11.8. The number of methoxy groups -OCH3 is 1. The van der Waals surface area contributed by atoms with Gasteiger partial charge in [0.2, 0.25) is 5.91 Å². The van der Waals surface area contributed by atoms with E-state index in [-0.39, 0.29) is 11.8 Å². The van der Waals surface area contributed by atoms with Crippen LogP contribution in [-0.4, -0.2) is 43.9 Å². The second-order valence-corrected chi connectivity index (χ2v) is 6.20. The van der Waals surface area contributed by atoms with Crippen LogP contribution in [0, 0.1) is 5.92 Å². The molecule has 116 valence electrons. The number of aliphatic hydroxyl groups excluding tert-OH is 1. The van der Waals surface area contributed by atoms with E-state index in [0.29, 0.717) is 26.1 Å². The summed E-state index contributed by atoms with van der Waals surface area (Å²) in [5.41, 5.74) is 1.10. The fourth-order valence-corrected chi connectivity index (χ4v) is 2.99. The number of halogens is 1. The maximum Gasteiger partial charge on any atom is 0.220 e. The molecule has 2 rings (SSSR count). The van der Waals surface area contributed by atoms with E-state index in [1.54, 1.807) is 7.11 Å². The Morgan fingerprint density at radius 3 is 2.95 bits per heavy atom. The van der Waals surface area contributed by atoms with Crippen LogP contribution in [0.5, 0.6) is 5.75 Å². The van der Waals surface area contributed by atoms with E-state index in [9.17, 15) is 9.90 Å². The topological polar surface area (TPSA) is 70.6 Å². The number of nitrogens with one attached hydrogen (secondary N) is 2. The van der Waals surface area contributed by atoms with Crippen molar-refractivity contribution in [2.45, 2.75) is 18.9 Å². The average Bonchev–Trinajstić information content (AvgIpc) is 2.83. The molecule has 1 heterocycles. The molecule has 1 amide bonds. The number of hydrogen-bond acceptors (Lipinski definition) is 4. The molecule has 1 fully saturated rings. The lowest BCUT2D eigenvalue weighted by Gasteiger charge is -2.13. The first kappa shape index (κ1) is 16.3. The average molecular weight is 357 g/mol. The number of carbonyl (C=O) groups is 1. The number of ether oxygens (including phenoxy) is 1. The molecule has 1 saturated heterocycles. The predicted octanol–water partition coefficient (Wildman–Crippen LogP) is 1.09. The Hall–Kier alpha value is -1.11. The van der Waals surface area contributed by atoms with Crippen molar-refractivity contribution >= 4 is 21.8 Å². The van der Waals surface area contributed by atoms with E-state index in [1.165, 1.54) is 0 Å². The van der Waals surface area contributed by atoms with Crippen LogP contribution in [0.15, 0.2) is 22.7 Å². The van der Waals surface area contributed by atoms with Crippen molar-refractivity contribution in [2.24, 2.45) is 5.92 Å². The first-order valence-electron chi connectivity index (χ1n) is 7.07. The Bertz CT molecular complexity index is 496. The Labute approximate surface area is 133 Å². The fourth-order valence-electron chi connectivity index (χ4n) is 2.47.